The van der Waals surface area contributed by atoms with Crippen LogP contribution in [0.5, 0.6) is 5.75 Å². The van der Waals surface area contributed by atoms with Gasteiger partial charge < -0.3 is 19.7 Å². The second-order valence-electron chi connectivity index (χ2n) is 8.65. The molecule has 0 aliphatic carbocycles. The summed E-state index contributed by atoms with van der Waals surface area (Å²) in [7, 11) is 1.31. The highest BCUT2D eigenvalue weighted by Crippen LogP contribution is 2.22. The van der Waals surface area contributed by atoms with Crippen LogP contribution in [0.1, 0.15) is 42.5 Å². The summed E-state index contributed by atoms with van der Waals surface area (Å²) in [4.78, 5) is 21.7. The molecule has 37 heavy (non-hydrogen) atoms. The zero-order valence-electron chi connectivity index (χ0n) is 20.8. The topological polar surface area (TPSA) is 105 Å². The number of nitrogens with zero attached hydrogens (tertiary/aromatic N) is 3. The van der Waals surface area contributed by atoms with Gasteiger partial charge in [-0.25, -0.2) is 14.8 Å². The summed E-state index contributed by atoms with van der Waals surface area (Å²) in [6.45, 7) is 2.39. The van der Waals surface area contributed by atoms with E-state index in [-0.39, 0.29) is 25.7 Å². The van der Waals surface area contributed by atoms with Crippen LogP contribution >= 0.6 is 23.2 Å². The Bertz CT molecular complexity index is 1100. The van der Waals surface area contributed by atoms with E-state index in [0.29, 0.717) is 27.4 Å². The third-order valence-corrected chi connectivity index (χ3v) is 6.37. The SMILES string of the molecule is COC(=O)COc1ccc(CC[C@@H](C)N(C[C@@H](O)c2cccc(Cl)n2)C[C@@H](O)c2cccc(Cl)n2)cc1. The summed E-state index contributed by atoms with van der Waals surface area (Å²) in [5, 5.41) is 22.4. The number of carbonyl (C=O) groups excluding carboxylic acids is 1. The summed E-state index contributed by atoms with van der Waals surface area (Å²) in [5.41, 5.74) is 2.01. The Morgan fingerprint density at radius 3 is 1.95 bits per heavy atom. The van der Waals surface area contributed by atoms with Crippen LogP contribution in [0.15, 0.2) is 60.7 Å². The van der Waals surface area contributed by atoms with Gasteiger partial charge in [-0.05, 0) is 61.7 Å². The van der Waals surface area contributed by atoms with E-state index in [1.54, 1.807) is 36.4 Å². The Hall–Kier alpha value is -2.75. The average Bonchev–Trinajstić information content (AvgIpc) is 2.90. The molecule has 10 heteroatoms. The summed E-state index contributed by atoms with van der Waals surface area (Å²) >= 11 is 12.0. The van der Waals surface area contributed by atoms with E-state index in [4.69, 9.17) is 27.9 Å². The lowest BCUT2D eigenvalue weighted by molar-refractivity contribution is -0.142. The minimum absolute atomic E-state index is 0.00193. The van der Waals surface area contributed by atoms with Crippen molar-refractivity contribution in [3.05, 3.63) is 87.9 Å². The molecule has 0 bridgehead atoms. The van der Waals surface area contributed by atoms with Gasteiger partial charge in [-0.1, -0.05) is 47.5 Å². The van der Waals surface area contributed by atoms with E-state index < -0.39 is 18.2 Å². The zero-order chi connectivity index (χ0) is 26.8. The number of carbonyl (C=O) groups is 1. The Balaban J connectivity index is 1.67. The van der Waals surface area contributed by atoms with Crippen molar-refractivity contribution >= 4 is 29.2 Å². The van der Waals surface area contributed by atoms with E-state index in [2.05, 4.69) is 14.7 Å². The number of rotatable bonds is 13. The van der Waals surface area contributed by atoms with Crippen LogP contribution in [0.25, 0.3) is 0 Å². The van der Waals surface area contributed by atoms with Gasteiger partial charge in [0.15, 0.2) is 6.61 Å². The number of ether oxygens (including phenoxy) is 2. The summed E-state index contributed by atoms with van der Waals surface area (Å²) in [5.74, 6) is 0.140. The molecule has 8 nitrogen and oxygen atoms in total. The largest absolute Gasteiger partial charge is 0.482 e. The Morgan fingerprint density at radius 2 is 1.46 bits per heavy atom. The molecule has 198 valence electrons. The molecule has 2 N–H and O–H groups in total. The number of hydrogen-bond donors (Lipinski definition) is 2. The highest BCUT2D eigenvalue weighted by Gasteiger charge is 2.24. The lowest BCUT2D eigenvalue weighted by Gasteiger charge is -2.32. The van der Waals surface area contributed by atoms with Gasteiger partial charge in [0.05, 0.1) is 18.5 Å². The van der Waals surface area contributed by atoms with Crippen molar-refractivity contribution in [3.63, 3.8) is 0 Å². The van der Waals surface area contributed by atoms with Crippen molar-refractivity contribution in [2.75, 3.05) is 26.8 Å². The molecule has 0 aliphatic heterocycles. The van der Waals surface area contributed by atoms with Gasteiger partial charge >= 0.3 is 5.97 Å². The number of aliphatic hydroxyl groups excluding tert-OH is 2. The molecule has 3 aromatic rings. The molecule has 2 heterocycles. The van der Waals surface area contributed by atoms with Crippen LogP contribution in [-0.2, 0) is 16.0 Å². The lowest BCUT2D eigenvalue weighted by atomic mass is 10.0. The van der Waals surface area contributed by atoms with Crippen LogP contribution in [0.3, 0.4) is 0 Å². The van der Waals surface area contributed by atoms with E-state index in [1.165, 1.54) is 7.11 Å². The van der Waals surface area contributed by atoms with Crippen LogP contribution in [-0.4, -0.2) is 63.9 Å². The van der Waals surface area contributed by atoms with Crippen molar-refractivity contribution in [1.29, 1.82) is 0 Å². The number of aryl methyl sites for hydroxylation is 1. The van der Waals surface area contributed by atoms with Crippen LogP contribution in [0.4, 0.5) is 0 Å². The Labute approximate surface area is 226 Å². The number of esters is 1. The van der Waals surface area contributed by atoms with Crippen LogP contribution in [0.2, 0.25) is 10.3 Å². The Kier molecular flexibility index (Phi) is 11.1. The molecule has 0 aliphatic rings. The first kappa shape index (κ1) is 28.8. The maximum atomic E-state index is 11.3. The number of aliphatic hydroxyl groups is 2. The fourth-order valence-electron chi connectivity index (χ4n) is 3.80. The first-order chi connectivity index (χ1) is 17.7. The highest BCUT2D eigenvalue weighted by atomic mass is 35.5. The van der Waals surface area contributed by atoms with Crippen LogP contribution in [0, 0.1) is 0 Å². The molecular weight excluding hydrogens is 517 g/mol. The minimum Gasteiger partial charge on any atom is -0.482 e. The summed E-state index contributed by atoms with van der Waals surface area (Å²) in [6, 6.07) is 17.7. The van der Waals surface area contributed by atoms with E-state index >= 15 is 0 Å². The van der Waals surface area contributed by atoms with Gasteiger partial charge in [-0.3, -0.25) is 4.90 Å². The maximum Gasteiger partial charge on any atom is 0.343 e. The quantitative estimate of drug-likeness (QED) is 0.239. The van der Waals surface area contributed by atoms with Gasteiger partial charge in [0.25, 0.3) is 0 Å². The molecule has 3 rings (SSSR count). The fraction of sp³-hybridized carbons (Fsp3) is 0.370. The van der Waals surface area contributed by atoms with Gasteiger partial charge in [0, 0.05) is 19.1 Å². The number of methoxy groups -OCH3 is 1. The van der Waals surface area contributed by atoms with Gasteiger partial charge in [0.2, 0.25) is 0 Å². The minimum atomic E-state index is -0.896. The second kappa shape index (κ2) is 14.3. The molecule has 0 unspecified atom stereocenters. The zero-order valence-corrected chi connectivity index (χ0v) is 22.3. The molecule has 0 amide bonds. The molecule has 3 atom stereocenters. The molecule has 0 fully saturated rings. The van der Waals surface area contributed by atoms with E-state index in [1.807, 2.05) is 36.1 Å². The lowest BCUT2D eigenvalue weighted by Crippen LogP contribution is -2.40. The monoisotopic (exact) mass is 547 g/mol. The molecule has 0 saturated heterocycles. The van der Waals surface area contributed by atoms with Gasteiger partial charge in [-0.15, -0.1) is 0 Å². The third kappa shape index (κ3) is 9.25. The van der Waals surface area contributed by atoms with Crippen LogP contribution < -0.4 is 4.74 Å². The van der Waals surface area contributed by atoms with E-state index in [9.17, 15) is 15.0 Å². The molecule has 0 spiro atoms. The first-order valence-electron chi connectivity index (χ1n) is 11.9. The number of aromatic nitrogens is 2. The number of halogens is 2. The summed E-state index contributed by atoms with van der Waals surface area (Å²) in [6.07, 6.45) is -0.279. The molecule has 2 aromatic heterocycles. The number of pyridine rings is 2. The standard InChI is InChI=1S/C27H31Cl2N3O5/c1-18(9-10-19-11-13-20(14-12-19)37-17-27(35)36-2)32(15-23(33)21-5-3-7-25(28)30-21)16-24(34)22-6-4-8-26(29)31-22/h3-8,11-14,18,23-24,33-34H,9-10,15-17H2,1-2H3/t18-,23-,24-/m1/s1. The highest BCUT2D eigenvalue weighted by molar-refractivity contribution is 6.29. The van der Waals surface area contributed by atoms with E-state index in [0.717, 1.165) is 18.4 Å². The first-order valence-corrected chi connectivity index (χ1v) is 12.6. The maximum absolute atomic E-state index is 11.3. The molecule has 0 saturated carbocycles. The molecule has 1 aromatic carbocycles. The number of hydrogen-bond acceptors (Lipinski definition) is 8. The van der Waals surface area contributed by atoms with Crippen molar-refractivity contribution in [2.45, 2.75) is 38.0 Å². The molecule has 0 radical (unpaired) electrons. The summed E-state index contributed by atoms with van der Waals surface area (Å²) < 4.78 is 9.98. The van der Waals surface area contributed by atoms with Crippen molar-refractivity contribution in [2.24, 2.45) is 0 Å². The Morgan fingerprint density at radius 1 is 0.919 bits per heavy atom. The molecular formula is C27H31Cl2N3O5. The smallest absolute Gasteiger partial charge is 0.343 e. The fourth-order valence-corrected chi connectivity index (χ4v) is 4.14. The average molecular weight is 548 g/mol. The van der Waals surface area contributed by atoms with Gasteiger partial charge in [-0.2, -0.15) is 0 Å². The predicted octanol–water partition coefficient (Wildman–Crippen LogP) is 4.43. The van der Waals surface area contributed by atoms with Crippen molar-refractivity contribution in [3.8, 4) is 5.75 Å². The third-order valence-electron chi connectivity index (χ3n) is 5.95. The van der Waals surface area contributed by atoms with Gasteiger partial charge in [0.1, 0.15) is 28.3 Å². The number of benzene rings is 1. The van der Waals surface area contributed by atoms with Crippen molar-refractivity contribution < 1.29 is 24.5 Å². The second-order valence-corrected chi connectivity index (χ2v) is 9.43. The predicted molar refractivity (Wildman–Crippen MR) is 142 cm³/mol. The van der Waals surface area contributed by atoms with Crippen molar-refractivity contribution in [1.82, 2.24) is 14.9 Å². The normalized spacial score (nSPS) is 13.7.